The van der Waals surface area contributed by atoms with Gasteiger partial charge in [-0.15, -0.1) is 0 Å². The van der Waals surface area contributed by atoms with E-state index >= 15 is 0 Å². The summed E-state index contributed by atoms with van der Waals surface area (Å²) in [5, 5.41) is 0.0836. The van der Waals surface area contributed by atoms with Gasteiger partial charge in [-0.05, 0) is 36.8 Å². The number of fused-ring (bicyclic) bond motifs is 2. The first kappa shape index (κ1) is 23.4. The Hall–Kier alpha value is -2.75. The number of halogens is 1. The minimum atomic E-state index is -3.83. The van der Waals surface area contributed by atoms with Crippen LogP contribution in [0, 0.1) is 0 Å². The molecule has 4 rings (SSSR count). The molecule has 0 spiro atoms. The quantitative estimate of drug-likeness (QED) is 0.544. The van der Waals surface area contributed by atoms with Crippen molar-refractivity contribution in [2.45, 2.75) is 25.2 Å². The Morgan fingerprint density at radius 2 is 1.67 bits per heavy atom. The highest BCUT2D eigenvalue weighted by molar-refractivity contribution is 7.89. The number of carbonyl (C=O) groups is 1. The van der Waals surface area contributed by atoms with E-state index in [9.17, 15) is 13.2 Å². The van der Waals surface area contributed by atoms with Crippen molar-refractivity contribution < 1.29 is 13.2 Å². The lowest BCUT2D eigenvalue weighted by molar-refractivity contribution is 0.0986. The molecule has 0 unspecified atom stereocenters. The molecule has 0 bridgehead atoms. The summed E-state index contributed by atoms with van der Waals surface area (Å²) in [4.78, 5) is 26.6. The van der Waals surface area contributed by atoms with Gasteiger partial charge in [0.05, 0.1) is 16.1 Å². The second kappa shape index (κ2) is 9.24. The van der Waals surface area contributed by atoms with E-state index in [0.717, 1.165) is 11.9 Å². The highest BCUT2D eigenvalue weighted by Crippen LogP contribution is 2.32. The van der Waals surface area contributed by atoms with Crippen molar-refractivity contribution >= 4 is 50.2 Å². The second-order valence-corrected chi connectivity index (χ2v) is 10.1. The predicted molar refractivity (Wildman–Crippen MR) is 131 cm³/mol. The number of hydrogen-bond acceptors (Lipinski definition) is 6. The number of amides is 1. The fraction of sp³-hybridized carbons (Fsp3) is 0.348. The van der Waals surface area contributed by atoms with Gasteiger partial charge in [0, 0.05) is 38.8 Å². The third kappa shape index (κ3) is 4.28. The smallest absolute Gasteiger partial charge is 0.259 e. The van der Waals surface area contributed by atoms with E-state index < -0.39 is 10.0 Å². The monoisotopic (exact) mass is 487 g/mol. The minimum absolute atomic E-state index is 0.0736. The summed E-state index contributed by atoms with van der Waals surface area (Å²) >= 11 is 6.26. The van der Waals surface area contributed by atoms with Crippen LogP contribution in [0.2, 0.25) is 5.02 Å². The van der Waals surface area contributed by atoms with Gasteiger partial charge >= 0.3 is 0 Å². The molecule has 0 atom stereocenters. The molecular weight excluding hydrogens is 462 g/mol. The Kier molecular flexibility index (Phi) is 6.56. The molecule has 0 aliphatic carbocycles. The van der Waals surface area contributed by atoms with Crippen LogP contribution in [-0.2, 0) is 10.0 Å². The Bertz CT molecular complexity index is 1310. The molecule has 174 valence electrons. The molecule has 33 heavy (non-hydrogen) atoms. The molecule has 1 aliphatic rings. The van der Waals surface area contributed by atoms with E-state index in [0.29, 0.717) is 43.3 Å². The molecule has 2 heterocycles. The Morgan fingerprint density at radius 1 is 1.03 bits per heavy atom. The van der Waals surface area contributed by atoms with Crippen LogP contribution >= 0.6 is 11.6 Å². The van der Waals surface area contributed by atoms with Crippen LogP contribution in [0.1, 0.15) is 30.6 Å². The molecule has 0 fully saturated rings. The van der Waals surface area contributed by atoms with Gasteiger partial charge < -0.3 is 4.90 Å². The normalized spacial score (nSPS) is 14.5. The lowest BCUT2D eigenvalue weighted by atomic mass is 10.2. The van der Waals surface area contributed by atoms with E-state index in [1.54, 1.807) is 24.8 Å². The fourth-order valence-corrected chi connectivity index (χ4v) is 5.95. The molecule has 1 aromatic heterocycles. The van der Waals surface area contributed by atoms with Crippen LogP contribution < -0.4 is 9.80 Å². The van der Waals surface area contributed by atoms with Gasteiger partial charge in [-0.1, -0.05) is 37.6 Å². The lowest BCUT2D eigenvalue weighted by Crippen LogP contribution is -2.33. The van der Waals surface area contributed by atoms with Gasteiger partial charge in [-0.2, -0.15) is 4.31 Å². The topological polar surface area (TPSA) is 86.7 Å². The fourth-order valence-electron chi connectivity index (χ4n) is 3.99. The van der Waals surface area contributed by atoms with E-state index in [1.165, 1.54) is 16.4 Å². The van der Waals surface area contributed by atoms with Gasteiger partial charge in [-0.25, -0.2) is 18.4 Å². The molecule has 0 saturated carbocycles. The molecule has 0 saturated heterocycles. The molecular formula is C23H26ClN5O3S. The zero-order chi connectivity index (χ0) is 23.8. The first-order valence-corrected chi connectivity index (χ1v) is 12.7. The largest absolute Gasteiger partial charge is 0.357 e. The van der Waals surface area contributed by atoms with Gasteiger partial charge in [0.2, 0.25) is 10.0 Å². The molecule has 3 aromatic rings. The number of carbonyl (C=O) groups excluding carboxylic acids is 1. The third-order valence-corrected chi connectivity index (χ3v) is 8.30. The summed E-state index contributed by atoms with van der Waals surface area (Å²) in [6, 6.07) is 11.9. The average molecular weight is 488 g/mol. The summed E-state index contributed by atoms with van der Waals surface area (Å²) in [6.07, 6.45) is 0.717. The van der Waals surface area contributed by atoms with Crippen LogP contribution in [0.25, 0.3) is 11.0 Å². The van der Waals surface area contributed by atoms with Gasteiger partial charge in [0.15, 0.2) is 11.6 Å². The van der Waals surface area contributed by atoms with Crippen LogP contribution in [0.15, 0.2) is 47.4 Å². The maximum atomic E-state index is 13.6. The number of hydrogen-bond donors (Lipinski definition) is 0. The summed E-state index contributed by atoms with van der Waals surface area (Å²) < 4.78 is 27.5. The Balaban J connectivity index is 1.81. The SMILES string of the molecule is CCN(CC)S(=O)(=O)c1cc(C(=O)N2CCCN(C)c3nc4ccccc4nc32)ccc1Cl. The van der Waals surface area contributed by atoms with E-state index in [-0.39, 0.29) is 21.4 Å². The van der Waals surface area contributed by atoms with Crippen LogP contribution in [0.5, 0.6) is 0 Å². The number of rotatable bonds is 5. The number of aromatic nitrogens is 2. The highest BCUT2D eigenvalue weighted by Gasteiger charge is 2.30. The van der Waals surface area contributed by atoms with Gasteiger partial charge in [0.1, 0.15) is 4.90 Å². The summed E-state index contributed by atoms with van der Waals surface area (Å²) in [7, 11) is -1.91. The molecule has 1 aliphatic heterocycles. The molecule has 2 aromatic carbocycles. The van der Waals surface area contributed by atoms with Crippen molar-refractivity contribution in [3.05, 3.63) is 53.1 Å². The van der Waals surface area contributed by atoms with Gasteiger partial charge in [0.25, 0.3) is 5.91 Å². The number of para-hydroxylation sites is 2. The maximum Gasteiger partial charge on any atom is 0.259 e. The third-order valence-electron chi connectivity index (χ3n) is 5.77. The molecule has 0 N–H and O–H groups in total. The van der Waals surface area contributed by atoms with Crippen LogP contribution in [0.4, 0.5) is 11.6 Å². The number of nitrogens with zero attached hydrogens (tertiary/aromatic N) is 5. The minimum Gasteiger partial charge on any atom is -0.357 e. The second-order valence-electron chi connectivity index (χ2n) is 7.83. The van der Waals surface area contributed by atoms with E-state index in [2.05, 4.69) is 0 Å². The summed E-state index contributed by atoms with van der Waals surface area (Å²) in [5.74, 6) is 0.732. The molecule has 0 radical (unpaired) electrons. The standard InChI is InChI=1S/C23H26ClN5O3S/c1-4-28(5-2)33(31,32)20-15-16(11-12-17(20)24)23(30)29-14-8-13-27(3)21-22(29)26-19-10-7-6-9-18(19)25-21/h6-7,9-12,15H,4-5,8,13-14H2,1-3H3. The average Bonchev–Trinajstić information content (AvgIpc) is 2.96. The first-order chi connectivity index (χ1) is 15.8. The van der Waals surface area contributed by atoms with Crippen LogP contribution in [0.3, 0.4) is 0 Å². The van der Waals surface area contributed by atoms with Crippen molar-refractivity contribution in [1.82, 2.24) is 14.3 Å². The molecule has 10 heteroatoms. The number of anilines is 2. The summed E-state index contributed by atoms with van der Waals surface area (Å²) in [6.45, 7) is 5.29. The maximum absolute atomic E-state index is 13.6. The molecule has 1 amide bonds. The zero-order valence-corrected chi connectivity index (χ0v) is 20.4. The highest BCUT2D eigenvalue weighted by atomic mass is 35.5. The Morgan fingerprint density at radius 3 is 2.30 bits per heavy atom. The van der Waals surface area contributed by atoms with Crippen molar-refractivity contribution in [1.29, 1.82) is 0 Å². The Labute approximate surface area is 198 Å². The van der Waals surface area contributed by atoms with Gasteiger partial charge in [-0.3, -0.25) is 9.69 Å². The lowest BCUT2D eigenvalue weighted by Gasteiger charge is -2.24. The predicted octanol–water partition coefficient (Wildman–Crippen LogP) is 3.80. The number of sulfonamides is 1. The van der Waals surface area contributed by atoms with Crippen molar-refractivity contribution in [3.63, 3.8) is 0 Å². The zero-order valence-electron chi connectivity index (χ0n) is 18.8. The van der Waals surface area contributed by atoms with Crippen molar-refractivity contribution in [2.75, 3.05) is 43.0 Å². The van der Waals surface area contributed by atoms with Crippen molar-refractivity contribution in [3.8, 4) is 0 Å². The molecule has 8 nitrogen and oxygen atoms in total. The first-order valence-electron chi connectivity index (χ1n) is 10.9. The van der Waals surface area contributed by atoms with E-state index in [4.69, 9.17) is 21.6 Å². The van der Waals surface area contributed by atoms with Crippen molar-refractivity contribution in [2.24, 2.45) is 0 Å². The number of benzene rings is 2. The van der Waals surface area contributed by atoms with E-state index in [1.807, 2.05) is 36.2 Å². The summed E-state index contributed by atoms with van der Waals surface area (Å²) in [5.41, 5.74) is 1.66. The van der Waals surface area contributed by atoms with Crippen LogP contribution in [-0.4, -0.2) is 61.8 Å².